The van der Waals surface area contributed by atoms with Gasteiger partial charge in [0.15, 0.2) is 0 Å². The highest BCUT2D eigenvalue weighted by atomic mass is 32.1. The third kappa shape index (κ3) is 4.37. The van der Waals surface area contributed by atoms with E-state index in [4.69, 9.17) is 0 Å². The number of thiazole rings is 1. The zero-order valence-corrected chi connectivity index (χ0v) is 15.7. The van der Waals surface area contributed by atoms with E-state index in [2.05, 4.69) is 25.2 Å². The number of nitrogens with one attached hydrogen (secondary N) is 1. The number of carbonyl (C=O) groups excluding carboxylic acids is 2. The second kappa shape index (κ2) is 8.26. The highest BCUT2D eigenvalue weighted by Crippen LogP contribution is 2.21. The van der Waals surface area contributed by atoms with Gasteiger partial charge in [0.25, 0.3) is 0 Å². The van der Waals surface area contributed by atoms with Gasteiger partial charge in [0.2, 0.25) is 5.91 Å². The van der Waals surface area contributed by atoms with Crippen LogP contribution in [-0.4, -0.2) is 56.2 Å². The Labute approximate surface area is 155 Å². The molecule has 3 rings (SSSR count). The molecule has 2 aromatic rings. The molecule has 3 heterocycles. The molecule has 9 nitrogen and oxygen atoms in total. The molecule has 0 radical (unpaired) electrons. The molecule has 0 atom stereocenters. The number of carbonyl (C=O) groups is 2. The Morgan fingerprint density at radius 3 is 2.73 bits per heavy atom. The van der Waals surface area contributed by atoms with Gasteiger partial charge in [-0.05, 0) is 19.8 Å². The number of piperidine rings is 1. The van der Waals surface area contributed by atoms with Gasteiger partial charge in [-0.2, -0.15) is 0 Å². The number of aryl methyl sites for hydroxylation is 1. The zero-order valence-electron chi connectivity index (χ0n) is 14.8. The molecule has 0 aliphatic carbocycles. The van der Waals surface area contributed by atoms with E-state index in [1.54, 1.807) is 25.6 Å². The minimum absolute atomic E-state index is 0.0734. The van der Waals surface area contributed by atoms with Crippen molar-refractivity contribution in [2.24, 2.45) is 0 Å². The van der Waals surface area contributed by atoms with Gasteiger partial charge >= 0.3 is 6.03 Å². The van der Waals surface area contributed by atoms with Crippen LogP contribution < -0.4 is 5.32 Å². The van der Waals surface area contributed by atoms with Gasteiger partial charge in [0.1, 0.15) is 11.4 Å². The van der Waals surface area contributed by atoms with Crippen LogP contribution in [0.25, 0.3) is 0 Å². The highest BCUT2D eigenvalue weighted by molar-refractivity contribution is 7.09. The number of hydrogen-bond acceptors (Lipinski definition) is 7. The van der Waals surface area contributed by atoms with Crippen molar-refractivity contribution in [3.05, 3.63) is 28.0 Å². The van der Waals surface area contributed by atoms with Gasteiger partial charge in [-0.15, -0.1) is 11.3 Å². The molecule has 0 unspecified atom stereocenters. The molecule has 10 heteroatoms. The summed E-state index contributed by atoms with van der Waals surface area (Å²) in [5.74, 6) is 0.0796. The van der Waals surface area contributed by atoms with Crippen LogP contribution in [0.4, 0.5) is 4.79 Å². The number of hydrogen-bond donors (Lipinski definition) is 1. The largest absolute Gasteiger partial charge is 0.343 e. The summed E-state index contributed by atoms with van der Waals surface area (Å²) in [6.07, 6.45) is 3.30. The summed E-state index contributed by atoms with van der Waals surface area (Å²) in [6.45, 7) is 5.45. The van der Waals surface area contributed by atoms with E-state index in [0.29, 0.717) is 31.0 Å². The molecule has 0 aromatic carbocycles. The first-order valence-electron chi connectivity index (χ1n) is 8.50. The number of rotatable bonds is 5. The first-order valence-corrected chi connectivity index (χ1v) is 9.38. The zero-order chi connectivity index (χ0) is 18.5. The number of likely N-dealkylation sites (tertiary alicyclic amines) is 1. The Morgan fingerprint density at radius 2 is 2.15 bits per heavy atom. The molecule has 0 saturated carbocycles. The quantitative estimate of drug-likeness (QED) is 0.847. The van der Waals surface area contributed by atoms with Crippen molar-refractivity contribution in [1.82, 2.24) is 30.4 Å². The summed E-state index contributed by atoms with van der Waals surface area (Å²) in [7, 11) is 0. The molecule has 1 fully saturated rings. The van der Waals surface area contributed by atoms with Gasteiger partial charge in [-0.1, -0.05) is 10.3 Å². The van der Waals surface area contributed by atoms with E-state index >= 15 is 0 Å². The number of nitrogens with zero attached hydrogens (tertiary/aromatic N) is 5. The maximum Gasteiger partial charge on any atom is 0.318 e. The Balaban J connectivity index is 1.65. The van der Waals surface area contributed by atoms with Crippen LogP contribution in [-0.2, 0) is 17.9 Å². The summed E-state index contributed by atoms with van der Waals surface area (Å²) in [4.78, 5) is 33.1. The number of aromatic nitrogens is 3. The Bertz CT molecular complexity index is 739. The van der Waals surface area contributed by atoms with E-state index in [1.807, 2.05) is 9.80 Å². The number of urea groups is 1. The minimum Gasteiger partial charge on any atom is -0.343 e. The molecule has 1 N–H and O–H groups in total. The molecular formula is C16H22N6O3S. The predicted molar refractivity (Wildman–Crippen MR) is 94.2 cm³/mol. The van der Waals surface area contributed by atoms with Crippen LogP contribution in [0.2, 0.25) is 0 Å². The second-order valence-electron chi connectivity index (χ2n) is 6.29. The molecule has 0 bridgehead atoms. The first-order chi connectivity index (χ1) is 12.5. The lowest BCUT2D eigenvalue weighted by atomic mass is 10.0. The number of amides is 3. The summed E-state index contributed by atoms with van der Waals surface area (Å²) >= 11 is 1.52. The smallest absolute Gasteiger partial charge is 0.318 e. The normalized spacial score (nSPS) is 15.1. The molecule has 140 valence electrons. The average Bonchev–Trinajstić information content (AvgIpc) is 3.29. The van der Waals surface area contributed by atoms with Crippen LogP contribution in [0.15, 0.2) is 16.3 Å². The standard InChI is InChI=1S/C16H22N6O3S/c1-11-15(20-25-19-11)8-18-16(24)22(9-14-7-17-10-26-14)13-3-5-21(6-4-13)12(2)23/h7,10,13H,3-6,8-9H2,1-2H3,(H,18,24). The third-order valence-corrected chi connectivity index (χ3v) is 5.34. The fourth-order valence-electron chi connectivity index (χ4n) is 3.02. The molecule has 1 saturated heterocycles. The molecule has 1 aliphatic heterocycles. The van der Waals surface area contributed by atoms with Gasteiger partial charge in [-0.25, -0.2) is 9.42 Å². The lowest BCUT2D eigenvalue weighted by Crippen LogP contribution is -2.50. The van der Waals surface area contributed by atoms with Gasteiger partial charge in [0, 0.05) is 37.1 Å². The average molecular weight is 378 g/mol. The summed E-state index contributed by atoms with van der Waals surface area (Å²) in [5, 5.41) is 10.4. The van der Waals surface area contributed by atoms with Crippen molar-refractivity contribution in [2.75, 3.05) is 13.1 Å². The van der Waals surface area contributed by atoms with Gasteiger partial charge < -0.3 is 15.1 Å². The van der Waals surface area contributed by atoms with E-state index in [9.17, 15) is 9.59 Å². The maximum atomic E-state index is 12.8. The van der Waals surface area contributed by atoms with E-state index in [0.717, 1.165) is 17.7 Å². The summed E-state index contributed by atoms with van der Waals surface area (Å²) < 4.78 is 4.66. The Kier molecular flexibility index (Phi) is 5.82. The van der Waals surface area contributed by atoms with Crippen LogP contribution in [0.1, 0.15) is 36.0 Å². The molecule has 1 aliphatic rings. The van der Waals surface area contributed by atoms with Crippen molar-refractivity contribution in [3.8, 4) is 0 Å². The van der Waals surface area contributed by atoms with Crippen molar-refractivity contribution in [1.29, 1.82) is 0 Å². The maximum absolute atomic E-state index is 12.8. The first kappa shape index (κ1) is 18.3. The van der Waals surface area contributed by atoms with Crippen LogP contribution in [0, 0.1) is 6.92 Å². The fourth-order valence-corrected chi connectivity index (χ4v) is 3.61. The molecule has 3 amide bonds. The van der Waals surface area contributed by atoms with Crippen molar-refractivity contribution < 1.29 is 14.2 Å². The van der Waals surface area contributed by atoms with E-state index in [-0.39, 0.29) is 24.5 Å². The van der Waals surface area contributed by atoms with Crippen molar-refractivity contribution in [2.45, 2.75) is 45.8 Å². The SMILES string of the molecule is CC(=O)N1CCC(N(Cc2cncs2)C(=O)NCc2nonc2C)CC1. The van der Waals surface area contributed by atoms with Crippen LogP contribution in [0.5, 0.6) is 0 Å². The van der Waals surface area contributed by atoms with Gasteiger partial charge in [0.05, 0.1) is 18.6 Å². The topological polar surface area (TPSA) is 104 Å². The predicted octanol–water partition coefficient (Wildman–Crippen LogP) is 1.56. The second-order valence-corrected chi connectivity index (χ2v) is 7.26. The monoisotopic (exact) mass is 378 g/mol. The van der Waals surface area contributed by atoms with Crippen molar-refractivity contribution >= 4 is 23.3 Å². The van der Waals surface area contributed by atoms with Crippen molar-refractivity contribution in [3.63, 3.8) is 0 Å². The molecule has 26 heavy (non-hydrogen) atoms. The van der Waals surface area contributed by atoms with Crippen LogP contribution >= 0.6 is 11.3 Å². The summed E-state index contributed by atoms with van der Waals surface area (Å²) in [5.41, 5.74) is 3.03. The highest BCUT2D eigenvalue weighted by Gasteiger charge is 2.29. The Hall–Kier alpha value is -2.49. The lowest BCUT2D eigenvalue weighted by molar-refractivity contribution is -0.130. The minimum atomic E-state index is -0.165. The van der Waals surface area contributed by atoms with E-state index in [1.165, 1.54) is 11.3 Å². The fraction of sp³-hybridized carbons (Fsp3) is 0.562. The lowest BCUT2D eigenvalue weighted by Gasteiger charge is -2.38. The van der Waals surface area contributed by atoms with Crippen LogP contribution in [0.3, 0.4) is 0 Å². The molecular weight excluding hydrogens is 356 g/mol. The molecule has 2 aromatic heterocycles. The molecule has 0 spiro atoms. The summed E-state index contributed by atoms with van der Waals surface area (Å²) in [6, 6.07) is -0.0914. The Morgan fingerprint density at radius 1 is 1.38 bits per heavy atom. The third-order valence-electron chi connectivity index (χ3n) is 4.57. The van der Waals surface area contributed by atoms with E-state index < -0.39 is 0 Å². The van der Waals surface area contributed by atoms with Gasteiger partial charge in [-0.3, -0.25) is 9.78 Å².